The molecule has 0 radical (unpaired) electrons. The summed E-state index contributed by atoms with van der Waals surface area (Å²) in [6.07, 6.45) is 0. The molecule has 6 nitrogen and oxygen atoms in total. The monoisotopic (exact) mass is 520 g/mol. The number of thioether (sulfide) groups is 1. The van der Waals surface area contributed by atoms with Gasteiger partial charge in [-0.25, -0.2) is 0 Å². The summed E-state index contributed by atoms with van der Waals surface area (Å²) in [5.74, 6) is -0.984. The van der Waals surface area contributed by atoms with Crippen LogP contribution in [0.15, 0.2) is 93.3 Å². The Balaban J connectivity index is 1.58. The summed E-state index contributed by atoms with van der Waals surface area (Å²) in [6, 6.07) is 20.3. The summed E-state index contributed by atoms with van der Waals surface area (Å²) in [5.41, 5.74) is 3.62. The Morgan fingerprint density at radius 3 is 2.57 bits per heavy atom. The Morgan fingerprint density at radius 2 is 1.89 bits per heavy atom. The van der Waals surface area contributed by atoms with Gasteiger partial charge in [-0.2, -0.15) is 16.6 Å². The van der Waals surface area contributed by atoms with Crippen LogP contribution in [0.3, 0.4) is 0 Å². The Labute approximate surface area is 216 Å². The highest BCUT2D eigenvalue weighted by Crippen LogP contribution is 2.41. The number of dihydropyridines is 1. The van der Waals surface area contributed by atoms with E-state index in [1.165, 1.54) is 23.1 Å². The third kappa shape index (κ3) is 5.95. The van der Waals surface area contributed by atoms with Gasteiger partial charge in [-0.15, -0.1) is 0 Å². The molecular formula is C26H21ClN4O2S2. The highest BCUT2D eigenvalue weighted by atomic mass is 35.5. The lowest BCUT2D eigenvalue weighted by molar-refractivity contribution is -0.114. The van der Waals surface area contributed by atoms with E-state index in [2.05, 4.69) is 22.0 Å². The molecule has 2 heterocycles. The minimum atomic E-state index is -0.547. The van der Waals surface area contributed by atoms with E-state index in [9.17, 15) is 14.9 Å². The van der Waals surface area contributed by atoms with E-state index in [1.54, 1.807) is 31.2 Å². The van der Waals surface area contributed by atoms with E-state index in [-0.39, 0.29) is 17.6 Å². The van der Waals surface area contributed by atoms with Crippen LogP contribution in [0.2, 0.25) is 5.02 Å². The quantitative estimate of drug-likeness (QED) is 0.349. The maximum Gasteiger partial charge on any atom is 0.254 e. The molecule has 0 bridgehead atoms. The van der Waals surface area contributed by atoms with Crippen LogP contribution in [-0.2, 0) is 9.59 Å². The van der Waals surface area contributed by atoms with Gasteiger partial charge in [0.1, 0.15) is 0 Å². The summed E-state index contributed by atoms with van der Waals surface area (Å²) in [6.45, 7) is 1.81. The van der Waals surface area contributed by atoms with Gasteiger partial charge in [-0.1, -0.05) is 47.6 Å². The summed E-state index contributed by atoms with van der Waals surface area (Å²) in [4.78, 5) is 25.9. The van der Waals surface area contributed by atoms with Crippen LogP contribution >= 0.6 is 34.7 Å². The van der Waals surface area contributed by atoms with E-state index in [4.69, 9.17) is 11.6 Å². The molecule has 3 aromatic rings. The molecule has 2 aromatic carbocycles. The van der Waals surface area contributed by atoms with Crippen molar-refractivity contribution in [3.63, 3.8) is 0 Å². The lowest BCUT2D eigenvalue weighted by Gasteiger charge is -2.29. The van der Waals surface area contributed by atoms with Crippen molar-refractivity contribution < 1.29 is 9.59 Å². The lowest BCUT2D eigenvalue weighted by atomic mass is 9.83. The minimum Gasteiger partial charge on any atom is -0.353 e. The van der Waals surface area contributed by atoms with Gasteiger partial charge < -0.3 is 16.0 Å². The van der Waals surface area contributed by atoms with Gasteiger partial charge in [0.15, 0.2) is 0 Å². The first-order chi connectivity index (χ1) is 17.0. The molecule has 1 unspecified atom stereocenters. The number of amides is 2. The largest absolute Gasteiger partial charge is 0.353 e. The van der Waals surface area contributed by atoms with E-state index >= 15 is 0 Å². The number of nitriles is 1. The third-order valence-corrected chi connectivity index (χ3v) is 7.21. The molecule has 9 heteroatoms. The molecule has 1 aliphatic heterocycles. The van der Waals surface area contributed by atoms with Crippen LogP contribution in [0, 0.1) is 11.3 Å². The predicted octanol–water partition coefficient (Wildman–Crippen LogP) is 6.11. The van der Waals surface area contributed by atoms with Gasteiger partial charge in [0.25, 0.3) is 5.91 Å². The zero-order valence-electron chi connectivity index (χ0n) is 18.7. The lowest BCUT2D eigenvalue weighted by Crippen LogP contribution is -2.31. The molecule has 1 aliphatic rings. The first-order valence-corrected chi connectivity index (χ1v) is 13.0. The number of allylic oxidation sites excluding steroid dienone is 2. The van der Waals surface area contributed by atoms with Gasteiger partial charge in [0, 0.05) is 27.7 Å². The first-order valence-electron chi connectivity index (χ1n) is 10.6. The number of rotatable bonds is 7. The zero-order chi connectivity index (χ0) is 24.8. The Morgan fingerprint density at radius 1 is 1.11 bits per heavy atom. The van der Waals surface area contributed by atoms with Crippen molar-refractivity contribution in [3.05, 3.63) is 104 Å². The molecule has 4 rings (SSSR count). The van der Waals surface area contributed by atoms with Crippen LogP contribution in [-0.4, -0.2) is 17.6 Å². The number of para-hydroxylation sites is 1. The number of carbonyl (C=O) groups excluding carboxylic acids is 2. The Bertz CT molecular complexity index is 1350. The fourth-order valence-electron chi connectivity index (χ4n) is 3.72. The van der Waals surface area contributed by atoms with Crippen molar-refractivity contribution in [2.75, 3.05) is 16.4 Å². The van der Waals surface area contributed by atoms with Crippen molar-refractivity contribution in [3.8, 4) is 6.07 Å². The van der Waals surface area contributed by atoms with Crippen molar-refractivity contribution in [1.82, 2.24) is 5.32 Å². The fraction of sp³-hybridized carbons (Fsp3) is 0.115. The molecule has 176 valence electrons. The van der Waals surface area contributed by atoms with E-state index in [0.29, 0.717) is 38.3 Å². The number of nitrogens with zero attached hydrogens (tertiary/aromatic N) is 1. The number of halogens is 1. The molecule has 3 N–H and O–H groups in total. The number of benzene rings is 2. The Hall–Kier alpha value is -3.51. The molecule has 2 amide bonds. The third-order valence-electron chi connectivity index (χ3n) is 5.26. The topological polar surface area (TPSA) is 94.0 Å². The molecule has 1 aromatic heterocycles. The maximum atomic E-state index is 13.3. The van der Waals surface area contributed by atoms with Crippen LogP contribution in [0.1, 0.15) is 18.4 Å². The van der Waals surface area contributed by atoms with E-state index in [1.807, 2.05) is 47.2 Å². The second-order valence-electron chi connectivity index (χ2n) is 7.68. The number of hydrogen-bond acceptors (Lipinski definition) is 6. The van der Waals surface area contributed by atoms with Crippen molar-refractivity contribution in [2.45, 2.75) is 12.8 Å². The van der Waals surface area contributed by atoms with Gasteiger partial charge in [0.2, 0.25) is 5.91 Å². The predicted molar refractivity (Wildman–Crippen MR) is 143 cm³/mol. The molecule has 0 saturated carbocycles. The second kappa shape index (κ2) is 11.3. The van der Waals surface area contributed by atoms with Crippen molar-refractivity contribution >= 4 is 57.9 Å². The number of hydrogen-bond donors (Lipinski definition) is 3. The molecular weight excluding hydrogens is 500 g/mol. The first kappa shape index (κ1) is 24.6. The molecule has 0 fully saturated rings. The Kier molecular flexibility index (Phi) is 7.93. The maximum absolute atomic E-state index is 13.3. The van der Waals surface area contributed by atoms with Crippen LogP contribution in [0.4, 0.5) is 11.4 Å². The average molecular weight is 521 g/mol. The number of carbonyl (C=O) groups is 2. The van der Waals surface area contributed by atoms with E-state index < -0.39 is 5.92 Å². The zero-order valence-corrected chi connectivity index (χ0v) is 21.1. The standard InChI is InChI=1S/C26H21ClN4O2S2/c1-16-23(25(33)31-19-7-3-2-4-8-19)24(17-10-11-34-14-17)21(13-28)26(29-16)35-15-22(32)30-20-9-5-6-18(27)12-20/h2-12,14,24,29H,15H2,1H3,(H,30,32)(H,31,33). The molecule has 1 atom stereocenters. The highest BCUT2D eigenvalue weighted by Gasteiger charge is 2.35. The van der Waals surface area contributed by atoms with Gasteiger partial charge in [0.05, 0.1) is 28.3 Å². The summed E-state index contributed by atoms with van der Waals surface area (Å²) < 4.78 is 0. The smallest absolute Gasteiger partial charge is 0.254 e. The van der Waals surface area contributed by atoms with Crippen molar-refractivity contribution in [1.29, 1.82) is 5.26 Å². The van der Waals surface area contributed by atoms with Crippen LogP contribution in [0.5, 0.6) is 0 Å². The normalized spacial score (nSPS) is 15.3. The number of thiophene rings is 1. The number of nitrogens with one attached hydrogen (secondary N) is 3. The summed E-state index contributed by atoms with van der Waals surface area (Å²) in [7, 11) is 0. The van der Waals surface area contributed by atoms with Gasteiger partial charge in [-0.05, 0) is 59.6 Å². The number of anilines is 2. The molecule has 0 spiro atoms. The van der Waals surface area contributed by atoms with Gasteiger partial charge >= 0.3 is 0 Å². The van der Waals surface area contributed by atoms with Gasteiger partial charge in [-0.3, -0.25) is 9.59 Å². The van der Waals surface area contributed by atoms with Crippen LogP contribution < -0.4 is 16.0 Å². The minimum absolute atomic E-state index is 0.0786. The molecule has 0 aliphatic carbocycles. The molecule has 35 heavy (non-hydrogen) atoms. The fourth-order valence-corrected chi connectivity index (χ4v) is 5.49. The second-order valence-corrected chi connectivity index (χ2v) is 9.88. The van der Waals surface area contributed by atoms with Crippen LogP contribution in [0.25, 0.3) is 0 Å². The average Bonchev–Trinajstić information content (AvgIpc) is 3.37. The summed E-state index contributed by atoms with van der Waals surface area (Å²) >= 11 is 8.71. The summed E-state index contributed by atoms with van der Waals surface area (Å²) in [5, 5.41) is 24.0. The molecule has 0 saturated heterocycles. The SMILES string of the molecule is CC1=C(C(=O)Nc2ccccc2)C(c2ccsc2)C(C#N)=C(SCC(=O)Nc2cccc(Cl)c2)N1. The van der Waals surface area contributed by atoms with Crippen molar-refractivity contribution in [2.24, 2.45) is 0 Å². The van der Waals surface area contributed by atoms with E-state index in [0.717, 1.165) is 5.56 Å². The highest BCUT2D eigenvalue weighted by molar-refractivity contribution is 8.03.